The van der Waals surface area contributed by atoms with Gasteiger partial charge in [0, 0.05) is 19.1 Å². The number of hydrogen-bond donors (Lipinski definition) is 2. The molecule has 4 nitrogen and oxygen atoms in total. The summed E-state index contributed by atoms with van der Waals surface area (Å²) in [6.45, 7) is 5.85. The van der Waals surface area contributed by atoms with Crippen LogP contribution >= 0.6 is 0 Å². The molecule has 4 heteroatoms. The number of piperidine rings is 1. The maximum Gasteiger partial charge on any atom is 0.0767 e. The molecule has 0 spiro atoms. The molecule has 1 rings (SSSR count). The molecule has 0 radical (unpaired) electrons. The number of nitrogens with zero attached hydrogens (tertiary/aromatic N) is 2. The van der Waals surface area contributed by atoms with Crippen LogP contribution in [-0.4, -0.2) is 66.8 Å². The highest BCUT2D eigenvalue weighted by Gasteiger charge is 2.24. The Hall–Kier alpha value is -0.160. The smallest absolute Gasteiger partial charge is 0.0767 e. The van der Waals surface area contributed by atoms with Crippen LogP contribution in [0.3, 0.4) is 0 Å². The molecule has 0 amide bonds. The monoisotopic (exact) mass is 257 g/mol. The van der Waals surface area contributed by atoms with Crippen molar-refractivity contribution in [3.63, 3.8) is 0 Å². The van der Waals surface area contributed by atoms with E-state index < -0.39 is 5.60 Å². The van der Waals surface area contributed by atoms with Gasteiger partial charge in [-0.25, -0.2) is 0 Å². The Kier molecular flexibility index (Phi) is 6.57. The summed E-state index contributed by atoms with van der Waals surface area (Å²) in [5.74, 6) is 0. The molecular formula is C14H31N3O. The molecule has 1 fully saturated rings. The second-order valence-corrected chi connectivity index (χ2v) is 5.95. The van der Waals surface area contributed by atoms with Crippen molar-refractivity contribution in [1.82, 2.24) is 9.80 Å². The topological polar surface area (TPSA) is 52.7 Å². The van der Waals surface area contributed by atoms with Crippen molar-refractivity contribution in [2.45, 2.75) is 50.7 Å². The largest absolute Gasteiger partial charge is 0.389 e. The van der Waals surface area contributed by atoms with Gasteiger partial charge < -0.3 is 20.6 Å². The zero-order valence-electron chi connectivity index (χ0n) is 12.4. The lowest BCUT2D eigenvalue weighted by molar-refractivity contribution is 0.0295. The van der Waals surface area contributed by atoms with Crippen molar-refractivity contribution < 1.29 is 5.11 Å². The Balaban J connectivity index is 2.27. The minimum absolute atomic E-state index is 0.379. The molecule has 108 valence electrons. The summed E-state index contributed by atoms with van der Waals surface area (Å²) in [5.41, 5.74) is 4.99. The SMILES string of the molecule is CCC(O)(CN)CCCN1CCCC(N(C)C)C1. The van der Waals surface area contributed by atoms with Crippen LogP contribution in [0.2, 0.25) is 0 Å². The molecule has 0 aromatic rings. The molecule has 0 saturated carbocycles. The van der Waals surface area contributed by atoms with Crippen molar-refractivity contribution in [2.24, 2.45) is 5.73 Å². The Morgan fingerprint density at radius 2 is 2.17 bits per heavy atom. The van der Waals surface area contributed by atoms with Gasteiger partial charge in [0.25, 0.3) is 0 Å². The number of hydrogen-bond acceptors (Lipinski definition) is 4. The zero-order chi connectivity index (χ0) is 13.6. The number of rotatable bonds is 7. The van der Waals surface area contributed by atoms with Crippen LogP contribution in [-0.2, 0) is 0 Å². The first-order valence-electron chi connectivity index (χ1n) is 7.32. The first-order chi connectivity index (χ1) is 8.50. The normalized spacial score (nSPS) is 25.3. The summed E-state index contributed by atoms with van der Waals surface area (Å²) in [6, 6.07) is 0.693. The molecule has 2 atom stereocenters. The molecule has 3 N–H and O–H groups in total. The van der Waals surface area contributed by atoms with Crippen LogP contribution in [0.5, 0.6) is 0 Å². The molecule has 1 aliphatic rings. The van der Waals surface area contributed by atoms with Gasteiger partial charge in [-0.3, -0.25) is 0 Å². The number of likely N-dealkylation sites (N-methyl/N-ethyl adjacent to an activating group) is 1. The van der Waals surface area contributed by atoms with Gasteiger partial charge in [0.05, 0.1) is 5.60 Å². The van der Waals surface area contributed by atoms with E-state index in [9.17, 15) is 5.11 Å². The van der Waals surface area contributed by atoms with Crippen molar-refractivity contribution in [3.05, 3.63) is 0 Å². The number of likely N-dealkylation sites (tertiary alicyclic amines) is 1. The van der Waals surface area contributed by atoms with E-state index in [1.807, 2.05) is 6.92 Å². The van der Waals surface area contributed by atoms with Gasteiger partial charge >= 0.3 is 0 Å². The van der Waals surface area contributed by atoms with E-state index in [0.717, 1.165) is 25.8 Å². The fourth-order valence-electron chi connectivity index (χ4n) is 2.71. The summed E-state index contributed by atoms with van der Waals surface area (Å²) < 4.78 is 0. The average molecular weight is 257 g/mol. The van der Waals surface area contributed by atoms with Crippen LogP contribution in [0.4, 0.5) is 0 Å². The molecule has 1 saturated heterocycles. The number of nitrogens with two attached hydrogens (primary N) is 1. The second kappa shape index (κ2) is 7.43. The van der Waals surface area contributed by atoms with Crippen LogP contribution < -0.4 is 5.73 Å². The minimum Gasteiger partial charge on any atom is -0.389 e. The lowest BCUT2D eigenvalue weighted by atomic mass is 9.94. The summed E-state index contributed by atoms with van der Waals surface area (Å²) in [6.07, 6.45) is 5.22. The van der Waals surface area contributed by atoms with Gasteiger partial charge in [-0.2, -0.15) is 0 Å². The molecule has 2 unspecified atom stereocenters. The quantitative estimate of drug-likeness (QED) is 0.711. The van der Waals surface area contributed by atoms with Gasteiger partial charge in [-0.1, -0.05) is 6.92 Å². The Labute approximate surface area is 112 Å². The van der Waals surface area contributed by atoms with Gasteiger partial charge in [0.15, 0.2) is 0 Å². The number of aliphatic hydroxyl groups is 1. The van der Waals surface area contributed by atoms with Crippen molar-refractivity contribution >= 4 is 0 Å². The lowest BCUT2D eigenvalue weighted by Crippen LogP contribution is -2.45. The van der Waals surface area contributed by atoms with Gasteiger partial charge in [0.1, 0.15) is 0 Å². The third-order valence-corrected chi connectivity index (χ3v) is 4.37. The molecule has 0 aliphatic carbocycles. The predicted octanol–water partition coefficient (Wildman–Crippen LogP) is 0.892. The predicted molar refractivity (Wildman–Crippen MR) is 76.7 cm³/mol. The molecule has 18 heavy (non-hydrogen) atoms. The molecule has 0 aromatic carbocycles. The van der Waals surface area contributed by atoms with Crippen LogP contribution in [0.15, 0.2) is 0 Å². The molecule has 0 aromatic heterocycles. The first-order valence-corrected chi connectivity index (χ1v) is 7.32. The molecule has 1 aliphatic heterocycles. The highest BCUT2D eigenvalue weighted by molar-refractivity contribution is 4.81. The summed E-state index contributed by atoms with van der Waals surface area (Å²) in [7, 11) is 4.33. The maximum atomic E-state index is 10.1. The Morgan fingerprint density at radius 3 is 2.72 bits per heavy atom. The maximum absolute atomic E-state index is 10.1. The zero-order valence-corrected chi connectivity index (χ0v) is 12.4. The third kappa shape index (κ3) is 4.84. The van der Waals surface area contributed by atoms with E-state index >= 15 is 0 Å². The third-order valence-electron chi connectivity index (χ3n) is 4.37. The van der Waals surface area contributed by atoms with Crippen molar-refractivity contribution in [1.29, 1.82) is 0 Å². The highest BCUT2D eigenvalue weighted by Crippen LogP contribution is 2.18. The van der Waals surface area contributed by atoms with Crippen LogP contribution in [0, 0.1) is 0 Å². The van der Waals surface area contributed by atoms with E-state index in [0.29, 0.717) is 12.6 Å². The van der Waals surface area contributed by atoms with Gasteiger partial charge in [0.2, 0.25) is 0 Å². The fraction of sp³-hybridized carbons (Fsp3) is 1.00. The average Bonchev–Trinajstić information content (AvgIpc) is 2.39. The van der Waals surface area contributed by atoms with Crippen LogP contribution in [0.25, 0.3) is 0 Å². The Bertz CT molecular complexity index is 229. The highest BCUT2D eigenvalue weighted by atomic mass is 16.3. The summed E-state index contributed by atoms with van der Waals surface area (Å²) in [5, 5.41) is 10.1. The van der Waals surface area contributed by atoms with Crippen molar-refractivity contribution in [2.75, 3.05) is 40.3 Å². The fourth-order valence-corrected chi connectivity index (χ4v) is 2.71. The van der Waals surface area contributed by atoms with E-state index in [1.54, 1.807) is 0 Å². The van der Waals surface area contributed by atoms with E-state index in [-0.39, 0.29) is 0 Å². The summed E-state index contributed by atoms with van der Waals surface area (Å²) >= 11 is 0. The summed E-state index contributed by atoms with van der Waals surface area (Å²) in [4.78, 5) is 4.86. The van der Waals surface area contributed by atoms with Crippen LogP contribution in [0.1, 0.15) is 39.0 Å². The minimum atomic E-state index is -0.642. The Morgan fingerprint density at radius 1 is 1.44 bits per heavy atom. The van der Waals surface area contributed by atoms with E-state index in [2.05, 4.69) is 23.9 Å². The molecule has 1 heterocycles. The first kappa shape index (κ1) is 15.9. The molecular weight excluding hydrogens is 226 g/mol. The van der Waals surface area contributed by atoms with Gasteiger partial charge in [-0.15, -0.1) is 0 Å². The lowest BCUT2D eigenvalue weighted by Gasteiger charge is -2.36. The van der Waals surface area contributed by atoms with Gasteiger partial charge in [-0.05, 0) is 59.3 Å². The standard InChI is InChI=1S/C14H31N3O/c1-4-14(18,12-15)8-6-10-17-9-5-7-13(11-17)16(2)3/h13,18H,4-12,15H2,1-3H3. The molecule has 0 bridgehead atoms. The van der Waals surface area contributed by atoms with Crippen molar-refractivity contribution in [3.8, 4) is 0 Å². The van der Waals surface area contributed by atoms with E-state index in [1.165, 1.54) is 25.9 Å². The van der Waals surface area contributed by atoms with E-state index in [4.69, 9.17) is 5.73 Å². The second-order valence-electron chi connectivity index (χ2n) is 5.95.